The molecule has 5 nitrogen and oxygen atoms in total. The van der Waals surface area contributed by atoms with Gasteiger partial charge in [0, 0.05) is 36.7 Å². The molecule has 0 atom stereocenters. The van der Waals surface area contributed by atoms with Crippen LogP contribution in [0.4, 0.5) is 5.69 Å². The van der Waals surface area contributed by atoms with Crippen molar-refractivity contribution in [1.82, 2.24) is 10.3 Å². The highest BCUT2D eigenvalue weighted by Crippen LogP contribution is 2.16. The molecule has 136 valence electrons. The van der Waals surface area contributed by atoms with E-state index in [2.05, 4.69) is 10.3 Å². The summed E-state index contributed by atoms with van der Waals surface area (Å²) >= 11 is 6.10. The highest BCUT2D eigenvalue weighted by Gasteiger charge is 2.16. The maximum atomic E-state index is 12.7. The minimum Gasteiger partial charge on any atom is -0.348 e. The van der Waals surface area contributed by atoms with Gasteiger partial charge < -0.3 is 10.2 Å². The number of rotatable bonds is 5. The number of aromatic nitrogens is 1. The molecule has 0 spiro atoms. The molecule has 1 N–H and O–H groups in total. The van der Waals surface area contributed by atoms with E-state index >= 15 is 0 Å². The zero-order valence-electron chi connectivity index (χ0n) is 14.7. The van der Waals surface area contributed by atoms with Crippen LogP contribution >= 0.6 is 11.6 Å². The first-order valence-electron chi connectivity index (χ1n) is 8.36. The number of anilines is 1. The summed E-state index contributed by atoms with van der Waals surface area (Å²) in [6.07, 6.45) is 2.88. The van der Waals surface area contributed by atoms with Gasteiger partial charge >= 0.3 is 0 Å². The molecule has 1 heterocycles. The van der Waals surface area contributed by atoms with Gasteiger partial charge in [-0.15, -0.1) is 0 Å². The quantitative estimate of drug-likeness (QED) is 0.730. The summed E-state index contributed by atoms with van der Waals surface area (Å²) in [7, 11) is 1.68. The Balaban J connectivity index is 1.72. The fraction of sp³-hybridized carbons (Fsp3) is 0.0952. The van der Waals surface area contributed by atoms with Crippen LogP contribution in [0.3, 0.4) is 0 Å². The molecule has 3 aromatic rings. The minimum absolute atomic E-state index is 0.241. The number of pyridine rings is 1. The lowest BCUT2D eigenvalue weighted by Crippen LogP contribution is -2.27. The van der Waals surface area contributed by atoms with Crippen LogP contribution in [0.2, 0.25) is 5.02 Å². The highest BCUT2D eigenvalue weighted by molar-refractivity contribution is 6.31. The summed E-state index contributed by atoms with van der Waals surface area (Å²) in [5, 5.41) is 3.38. The standard InChI is InChI=1S/C21H18ClN3O2/c1-25(18-8-3-2-4-9-18)21(27)17-11-16(12-23-13-17)20(26)24-14-15-7-5-6-10-19(15)22/h2-13H,14H2,1H3,(H,24,26). The molecular weight excluding hydrogens is 362 g/mol. The number of amides is 2. The third-order valence-electron chi connectivity index (χ3n) is 4.09. The van der Waals surface area contributed by atoms with Crippen molar-refractivity contribution >= 4 is 29.1 Å². The SMILES string of the molecule is CN(C(=O)c1cncc(C(=O)NCc2ccccc2Cl)c1)c1ccccc1. The number of para-hydroxylation sites is 1. The Morgan fingerprint density at radius 3 is 2.41 bits per heavy atom. The van der Waals surface area contributed by atoms with Crippen LogP contribution in [0.15, 0.2) is 73.1 Å². The van der Waals surface area contributed by atoms with Crippen LogP contribution in [0.25, 0.3) is 0 Å². The predicted octanol–water partition coefficient (Wildman–Crippen LogP) is 3.94. The number of benzene rings is 2. The molecule has 0 saturated carbocycles. The molecule has 6 heteroatoms. The van der Waals surface area contributed by atoms with Gasteiger partial charge in [-0.25, -0.2) is 0 Å². The van der Waals surface area contributed by atoms with Crippen molar-refractivity contribution < 1.29 is 9.59 Å². The van der Waals surface area contributed by atoms with Gasteiger partial charge in [0.15, 0.2) is 0 Å². The van der Waals surface area contributed by atoms with Crippen molar-refractivity contribution in [3.8, 4) is 0 Å². The average Bonchev–Trinajstić information content (AvgIpc) is 2.72. The van der Waals surface area contributed by atoms with E-state index in [4.69, 9.17) is 11.6 Å². The Morgan fingerprint density at radius 2 is 1.67 bits per heavy atom. The lowest BCUT2D eigenvalue weighted by atomic mass is 10.1. The monoisotopic (exact) mass is 379 g/mol. The molecule has 0 fully saturated rings. The molecule has 0 aliphatic rings. The van der Waals surface area contributed by atoms with Gasteiger partial charge in [0.25, 0.3) is 11.8 Å². The van der Waals surface area contributed by atoms with Crippen LogP contribution < -0.4 is 10.2 Å². The average molecular weight is 380 g/mol. The fourth-order valence-corrected chi connectivity index (χ4v) is 2.77. The second-order valence-corrected chi connectivity index (χ2v) is 6.34. The fourth-order valence-electron chi connectivity index (χ4n) is 2.56. The zero-order valence-corrected chi connectivity index (χ0v) is 15.5. The van der Waals surface area contributed by atoms with Crippen LogP contribution in [0, 0.1) is 0 Å². The molecule has 0 unspecified atom stereocenters. The largest absolute Gasteiger partial charge is 0.348 e. The van der Waals surface area contributed by atoms with Gasteiger partial charge in [-0.2, -0.15) is 0 Å². The van der Waals surface area contributed by atoms with Gasteiger partial charge in [-0.1, -0.05) is 48.0 Å². The summed E-state index contributed by atoms with van der Waals surface area (Å²) < 4.78 is 0. The van der Waals surface area contributed by atoms with E-state index in [-0.39, 0.29) is 11.8 Å². The predicted molar refractivity (Wildman–Crippen MR) is 106 cm³/mol. The Morgan fingerprint density at radius 1 is 1.00 bits per heavy atom. The Hall–Kier alpha value is -3.18. The highest BCUT2D eigenvalue weighted by atomic mass is 35.5. The van der Waals surface area contributed by atoms with Gasteiger partial charge in [-0.05, 0) is 29.8 Å². The van der Waals surface area contributed by atoms with Gasteiger partial charge in [-0.3, -0.25) is 14.6 Å². The molecular formula is C21H18ClN3O2. The Kier molecular flexibility index (Phi) is 5.84. The third kappa shape index (κ3) is 4.51. The maximum Gasteiger partial charge on any atom is 0.259 e. The zero-order chi connectivity index (χ0) is 19.2. The second-order valence-electron chi connectivity index (χ2n) is 5.94. The number of hydrogen-bond acceptors (Lipinski definition) is 3. The van der Waals surface area contributed by atoms with E-state index in [9.17, 15) is 9.59 Å². The topological polar surface area (TPSA) is 62.3 Å². The summed E-state index contributed by atoms with van der Waals surface area (Å²) in [6, 6.07) is 18.1. The van der Waals surface area contributed by atoms with Gasteiger partial charge in [0.1, 0.15) is 0 Å². The molecule has 27 heavy (non-hydrogen) atoms. The Labute approximate surface area is 162 Å². The van der Waals surface area contributed by atoms with E-state index in [1.54, 1.807) is 13.1 Å². The maximum absolute atomic E-state index is 12.7. The first-order chi connectivity index (χ1) is 13.1. The number of hydrogen-bond donors (Lipinski definition) is 1. The minimum atomic E-state index is -0.320. The number of nitrogens with zero attached hydrogens (tertiary/aromatic N) is 2. The summed E-state index contributed by atoms with van der Waals surface area (Å²) in [6.45, 7) is 0.292. The van der Waals surface area contributed by atoms with Gasteiger partial charge in [0.05, 0.1) is 11.1 Å². The van der Waals surface area contributed by atoms with Crippen molar-refractivity contribution in [2.45, 2.75) is 6.54 Å². The number of carbonyl (C=O) groups excluding carboxylic acids is 2. The van der Waals surface area contributed by atoms with Crippen molar-refractivity contribution in [1.29, 1.82) is 0 Å². The first-order valence-corrected chi connectivity index (χ1v) is 8.74. The van der Waals surface area contributed by atoms with E-state index in [1.807, 2.05) is 48.5 Å². The van der Waals surface area contributed by atoms with Crippen LogP contribution in [0.5, 0.6) is 0 Å². The summed E-state index contributed by atoms with van der Waals surface area (Å²) in [5.74, 6) is -0.561. The Bertz CT molecular complexity index is 960. The smallest absolute Gasteiger partial charge is 0.259 e. The molecule has 0 aliphatic carbocycles. The number of halogens is 1. The summed E-state index contributed by atoms with van der Waals surface area (Å²) in [4.78, 5) is 30.7. The molecule has 3 rings (SSSR count). The molecule has 0 radical (unpaired) electrons. The van der Waals surface area contributed by atoms with Crippen molar-refractivity contribution in [3.05, 3.63) is 94.8 Å². The van der Waals surface area contributed by atoms with Gasteiger partial charge in [0.2, 0.25) is 0 Å². The van der Waals surface area contributed by atoms with E-state index < -0.39 is 0 Å². The van der Waals surface area contributed by atoms with Crippen LogP contribution in [-0.4, -0.2) is 23.8 Å². The van der Waals surface area contributed by atoms with Crippen molar-refractivity contribution in [3.63, 3.8) is 0 Å². The van der Waals surface area contributed by atoms with Crippen LogP contribution in [-0.2, 0) is 6.54 Å². The molecule has 1 aromatic heterocycles. The number of carbonyl (C=O) groups is 2. The molecule has 2 amide bonds. The number of nitrogens with one attached hydrogen (secondary N) is 1. The van der Waals surface area contributed by atoms with E-state index in [1.165, 1.54) is 23.4 Å². The molecule has 2 aromatic carbocycles. The summed E-state index contributed by atoms with van der Waals surface area (Å²) in [5.41, 5.74) is 2.23. The van der Waals surface area contributed by atoms with Crippen molar-refractivity contribution in [2.24, 2.45) is 0 Å². The second kappa shape index (κ2) is 8.47. The third-order valence-corrected chi connectivity index (χ3v) is 4.46. The lowest BCUT2D eigenvalue weighted by Gasteiger charge is -2.17. The van der Waals surface area contributed by atoms with Crippen LogP contribution in [0.1, 0.15) is 26.3 Å². The molecule has 0 aliphatic heterocycles. The molecule has 0 bridgehead atoms. The van der Waals surface area contributed by atoms with E-state index in [0.717, 1.165) is 11.3 Å². The molecule has 0 saturated heterocycles. The van der Waals surface area contributed by atoms with Crippen molar-refractivity contribution in [2.75, 3.05) is 11.9 Å². The van der Waals surface area contributed by atoms with E-state index in [0.29, 0.717) is 22.7 Å². The lowest BCUT2D eigenvalue weighted by molar-refractivity contribution is 0.0950. The normalized spacial score (nSPS) is 10.3. The first kappa shape index (κ1) is 18.6.